The van der Waals surface area contributed by atoms with Gasteiger partial charge in [0.25, 0.3) is 11.2 Å². The Bertz CT molecular complexity index is 355. The molecule has 2 heterocycles. The van der Waals surface area contributed by atoms with E-state index in [-0.39, 0.29) is 0 Å². The molecular formula is C6H4N2O2. The predicted molar refractivity (Wildman–Crippen MR) is 33.0 cm³/mol. The van der Waals surface area contributed by atoms with E-state index in [9.17, 15) is 5.21 Å². The smallest absolute Gasteiger partial charge is 0.348 e. The van der Waals surface area contributed by atoms with E-state index in [1.54, 1.807) is 18.3 Å². The van der Waals surface area contributed by atoms with Crippen LogP contribution in [0, 0.1) is 5.21 Å². The van der Waals surface area contributed by atoms with Gasteiger partial charge >= 0.3 is 6.39 Å². The first kappa shape index (κ1) is 5.22. The molecule has 4 heteroatoms. The Kier molecular flexibility index (Phi) is 0.887. The molecule has 0 atom stereocenters. The van der Waals surface area contributed by atoms with E-state index in [0.29, 0.717) is 16.0 Å². The molecule has 0 fully saturated rings. The summed E-state index contributed by atoms with van der Waals surface area (Å²) in [5, 5.41) is 10.8. The second kappa shape index (κ2) is 1.70. The summed E-state index contributed by atoms with van der Waals surface area (Å²) >= 11 is 0. The molecule has 0 amide bonds. The fourth-order valence-corrected chi connectivity index (χ4v) is 0.795. The van der Waals surface area contributed by atoms with Crippen LogP contribution in [0.25, 0.3) is 11.2 Å². The van der Waals surface area contributed by atoms with Crippen molar-refractivity contribution in [3.63, 3.8) is 0 Å². The number of hydrogen-bond donors (Lipinski definition) is 0. The van der Waals surface area contributed by atoms with Gasteiger partial charge in [-0.15, -0.1) is 4.73 Å². The molecule has 0 aliphatic rings. The molecule has 0 N–H and O–H groups in total. The maximum atomic E-state index is 10.8. The summed E-state index contributed by atoms with van der Waals surface area (Å²) in [6, 6.07) is 3.34. The van der Waals surface area contributed by atoms with Crippen LogP contribution in [0.1, 0.15) is 0 Å². The number of oxazole rings is 1. The Morgan fingerprint density at radius 3 is 3.30 bits per heavy atom. The van der Waals surface area contributed by atoms with Gasteiger partial charge in [0.05, 0.1) is 0 Å². The lowest BCUT2D eigenvalue weighted by molar-refractivity contribution is -0.582. The molecule has 4 nitrogen and oxygen atoms in total. The lowest BCUT2D eigenvalue weighted by Crippen LogP contribution is -2.22. The third-order valence-corrected chi connectivity index (χ3v) is 1.25. The van der Waals surface area contributed by atoms with Crippen LogP contribution in [-0.2, 0) is 0 Å². The van der Waals surface area contributed by atoms with Crippen molar-refractivity contribution in [1.29, 1.82) is 0 Å². The van der Waals surface area contributed by atoms with E-state index in [1.807, 2.05) is 0 Å². The van der Waals surface area contributed by atoms with Crippen LogP contribution in [0.15, 0.2) is 29.1 Å². The van der Waals surface area contributed by atoms with E-state index >= 15 is 0 Å². The Morgan fingerprint density at radius 2 is 2.50 bits per heavy atom. The molecule has 0 aliphatic carbocycles. The lowest BCUT2D eigenvalue weighted by Gasteiger charge is -1.84. The molecule has 0 saturated carbocycles. The Labute approximate surface area is 56.3 Å². The van der Waals surface area contributed by atoms with E-state index < -0.39 is 0 Å². The average Bonchev–Trinajstić information content (AvgIpc) is 2.34. The molecule has 0 saturated heterocycles. The van der Waals surface area contributed by atoms with Gasteiger partial charge in [0.2, 0.25) is 0 Å². The van der Waals surface area contributed by atoms with Gasteiger partial charge in [-0.3, -0.25) is 0 Å². The van der Waals surface area contributed by atoms with Gasteiger partial charge in [-0.05, 0) is 6.07 Å². The zero-order chi connectivity index (χ0) is 6.97. The van der Waals surface area contributed by atoms with Crippen molar-refractivity contribution in [3.8, 4) is 0 Å². The summed E-state index contributed by atoms with van der Waals surface area (Å²) in [6.45, 7) is 0. The van der Waals surface area contributed by atoms with Crippen LogP contribution in [0.5, 0.6) is 0 Å². The molecular weight excluding hydrogens is 132 g/mol. The monoisotopic (exact) mass is 136 g/mol. The quantitative estimate of drug-likeness (QED) is 0.390. The predicted octanol–water partition coefficient (Wildman–Crippen LogP) is 0.461. The SMILES string of the molecule is [O-][n+]1coc2ncccc21. The van der Waals surface area contributed by atoms with Crippen LogP contribution >= 0.6 is 0 Å². The summed E-state index contributed by atoms with van der Waals surface area (Å²) in [5.74, 6) is 0. The number of hydrogen-bond acceptors (Lipinski definition) is 3. The number of nitrogens with zero attached hydrogens (tertiary/aromatic N) is 2. The second-order valence-electron chi connectivity index (χ2n) is 1.88. The van der Waals surface area contributed by atoms with Gasteiger partial charge < -0.3 is 9.62 Å². The first-order valence-electron chi connectivity index (χ1n) is 2.79. The third kappa shape index (κ3) is 0.556. The highest BCUT2D eigenvalue weighted by Crippen LogP contribution is 2.03. The fourth-order valence-electron chi connectivity index (χ4n) is 0.795. The van der Waals surface area contributed by atoms with Gasteiger partial charge in [-0.25, -0.2) is 4.98 Å². The van der Waals surface area contributed by atoms with E-state index in [4.69, 9.17) is 4.42 Å². The maximum absolute atomic E-state index is 10.8. The highest BCUT2D eigenvalue weighted by atomic mass is 16.5. The number of rotatable bonds is 0. The minimum Gasteiger partial charge on any atom is -0.616 e. The molecule has 0 radical (unpaired) electrons. The molecule has 0 bridgehead atoms. The molecule has 2 aromatic rings. The first-order chi connectivity index (χ1) is 4.88. The topological polar surface area (TPSA) is 53.0 Å². The number of pyridine rings is 1. The molecule has 0 aromatic carbocycles. The Morgan fingerprint density at radius 1 is 1.60 bits per heavy atom. The summed E-state index contributed by atoms with van der Waals surface area (Å²) < 4.78 is 5.43. The molecule has 2 aromatic heterocycles. The van der Waals surface area contributed by atoms with Crippen LogP contribution < -0.4 is 4.73 Å². The van der Waals surface area contributed by atoms with Gasteiger partial charge in [-0.2, -0.15) is 0 Å². The number of fused-ring (bicyclic) bond motifs is 1. The van der Waals surface area contributed by atoms with Crippen molar-refractivity contribution in [2.45, 2.75) is 0 Å². The Hall–Kier alpha value is -1.58. The first-order valence-corrected chi connectivity index (χ1v) is 2.79. The van der Waals surface area contributed by atoms with Crippen LogP contribution in [0.2, 0.25) is 0 Å². The molecule has 2 rings (SSSR count). The van der Waals surface area contributed by atoms with Gasteiger partial charge in [-0.1, -0.05) is 0 Å². The molecule has 10 heavy (non-hydrogen) atoms. The zero-order valence-electron chi connectivity index (χ0n) is 5.02. The Balaban J connectivity index is 2.93. The summed E-state index contributed by atoms with van der Waals surface area (Å²) in [7, 11) is 0. The fraction of sp³-hybridized carbons (Fsp3) is 0. The van der Waals surface area contributed by atoms with Crippen molar-refractivity contribution >= 4 is 11.2 Å². The van der Waals surface area contributed by atoms with Crippen molar-refractivity contribution < 1.29 is 9.15 Å². The van der Waals surface area contributed by atoms with Crippen molar-refractivity contribution in [2.24, 2.45) is 0 Å². The lowest BCUT2D eigenvalue weighted by atomic mass is 10.4. The molecule has 0 aliphatic heterocycles. The van der Waals surface area contributed by atoms with Gasteiger partial charge in [0.15, 0.2) is 0 Å². The standard InChI is InChI=1S/C6H4N2O2/c9-8-4-10-6-5(8)2-1-3-7-6/h1-4H. The largest absolute Gasteiger partial charge is 0.616 e. The highest BCUT2D eigenvalue weighted by Gasteiger charge is 2.05. The van der Waals surface area contributed by atoms with Gasteiger partial charge in [0, 0.05) is 12.3 Å². The van der Waals surface area contributed by atoms with Crippen LogP contribution in [0.4, 0.5) is 0 Å². The molecule has 0 spiro atoms. The molecule has 0 unspecified atom stereocenters. The highest BCUT2D eigenvalue weighted by molar-refractivity contribution is 5.62. The second-order valence-corrected chi connectivity index (χ2v) is 1.88. The van der Waals surface area contributed by atoms with Crippen molar-refractivity contribution in [1.82, 2.24) is 4.98 Å². The summed E-state index contributed by atoms with van der Waals surface area (Å²) in [6.07, 6.45) is 2.66. The summed E-state index contributed by atoms with van der Waals surface area (Å²) in [4.78, 5) is 3.81. The van der Waals surface area contributed by atoms with Gasteiger partial charge in [0.1, 0.15) is 0 Å². The normalized spacial score (nSPS) is 10.4. The zero-order valence-corrected chi connectivity index (χ0v) is 5.02. The van der Waals surface area contributed by atoms with E-state index in [2.05, 4.69) is 4.98 Å². The maximum Gasteiger partial charge on any atom is 0.348 e. The van der Waals surface area contributed by atoms with E-state index in [1.165, 1.54) is 0 Å². The number of aromatic nitrogens is 2. The average molecular weight is 136 g/mol. The molecule has 50 valence electrons. The minimum absolute atomic E-state index is 0.373. The summed E-state index contributed by atoms with van der Waals surface area (Å²) in [5.41, 5.74) is 0.833. The van der Waals surface area contributed by atoms with Crippen molar-refractivity contribution in [2.75, 3.05) is 0 Å². The van der Waals surface area contributed by atoms with Crippen LogP contribution in [0.3, 0.4) is 0 Å². The van der Waals surface area contributed by atoms with Crippen LogP contribution in [-0.4, -0.2) is 4.98 Å². The van der Waals surface area contributed by atoms with Crippen molar-refractivity contribution in [3.05, 3.63) is 29.9 Å². The minimum atomic E-state index is 0.373. The third-order valence-electron chi connectivity index (χ3n) is 1.25. The van der Waals surface area contributed by atoms with E-state index in [0.717, 1.165) is 6.39 Å².